The molecule has 0 radical (unpaired) electrons. The van der Waals surface area contributed by atoms with Crippen LogP contribution >= 0.6 is 0 Å². The van der Waals surface area contributed by atoms with E-state index in [0.717, 1.165) is 6.54 Å². The molecule has 0 saturated heterocycles. The number of rotatable bonds is 3. The maximum absolute atomic E-state index is 2.45. The maximum Gasteiger partial charge on any atom is 0.0196 e. The second kappa shape index (κ2) is 4.42. The minimum absolute atomic E-state index is 0.633. The zero-order valence-electron chi connectivity index (χ0n) is 11.3. The molecule has 0 unspecified atom stereocenters. The number of hydrogen-bond acceptors (Lipinski definition) is 0. The largest absolute Gasteiger partial charge is 0.349 e. The van der Waals surface area contributed by atoms with Crippen LogP contribution in [-0.2, 0) is 6.54 Å². The Morgan fingerprint density at radius 3 is 1.40 bits per heavy atom. The summed E-state index contributed by atoms with van der Waals surface area (Å²) >= 11 is 0. The van der Waals surface area contributed by atoms with Gasteiger partial charge >= 0.3 is 0 Å². The zero-order valence-corrected chi connectivity index (χ0v) is 11.3. The molecular weight excluding hydrogens is 182 g/mol. The van der Waals surface area contributed by atoms with Gasteiger partial charge in [-0.1, -0.05) is 27.7 Å². The summed E-state index contributed by atoms with van der Waals surface area (Å²) in [6, 6.07) is 0. The summed E-state index contributed by atoms with van der Waals surface area (Å²) in [5.41, 5.74) is 6.08. The van der Waals surface area contributed by atoms with Crippen LogP contribution in [0.2, 0.25) is 0 Å². The predicted molar refractivity (Wildman–Crippen MR) is 67.8 cm³/mol. The Bertz CT molecular complexity index is 311. The second-order valence-corrected chi connectivity index (χ2v) is 5.05. The summed E-state index contributed by atoms with van der Waals surface area (Å²) in [5, 5.41) is 0. The Morgan fingerprint density at radius 1 is 0.867 bits per heavy atom. The van der Waals surface area contributed by atoms with E-state index in [-0.39, 0.29) is 0 Å². The van der Waals surface area contributed by atoms with E-state index in [1.165, 1.54) is 11.4 Å². The van der Waals surface area contributed by atoms with Gasteiger partial charge in [-0.15, -0.1) is 0 Å². The fourth-order valence-electron chi connectivity index (χ4n) is 2.86. The van der Waals surface area contributed by atoms with E-state index in [1.807, 2.05) is 0 Å². The molecule has 0 aliphatic heterocycles. The maximum atomic E-state index is 2.45. The predicted octanol–water partition coefficient (Wildman–Crippen LogP) is 4.37. The van der Waals surface area contributed by atoms with E-state index in [1.54, 1.807) is 11.1 Å². The summed E-state index contributed by atoms with van der Waals surface area (Å²) in [4.78, 5) is 0. The van der Waals surface area contributed by atoms with Crippen molar-refractivity contribution >= 4 is 0 Å². The lowest BCUT2D eigenvalue weighted by Crippen LogP contribution is -2.00. The molecule has 1 aromatic heterocycles. The molecule has 0 amide bonds. The first-order chi connectivity index (χ1) is 6.91. The molecule has 0 fully saturated rings. The minimum Gasteiger partial charge on any atom is -0.349 e. The van der Waals surface area contributed by atoms with Crippen molar-refractivity contribution in [2.75, 3.05) is 0 Å². The molecule has 0 N–H and O–H groups in total. The van der Waals surface area contributed by atoms with Crippen LogP contribution in [0.25, 0.3) is 0 Å². The molecule has 1 nitrogen and oxygen atoms in total. The Labute approximate surface area is 94.5 Å². The van der Waals surface area contributed by atoms with Gasteiger partial charge in [0.1, 0.15) is 0 Å². The Balaban J connectivity index is 3.47. The van der Waals surface area contributed by atoms with Crippen LogP contribution in [0.5, 0.6) is 0 Å². The van der Waals surface area contributed by atoms with Crippen molar-refractivity contribution in [1.82, 2.24) is 4.57 Å². The van der Waals surface area contributed by atoms with E-state index in [4.69, 9.17) is 0 Å². The van der Waals surface area contributed by atoms with E-state index < -0.39 is 0 Å². The standard InChI is InChI=1S/C14H25N/c1-8-15-11(6)13(9(2)3)14(10(4)5)12(15)7/h9-10H,8H2,1-7H3. The van der Waals surface area contributed by atoms with Crippen LogP contribution in [0.4, 0.5) is 0 Å². The molecule has 0 aliphatic rings. The van der Waals surface area contributed by atoms with E-state index in [0.29, 0.717) is 11.8 Å². The van der Waals surface area contributed by atoms with Gasteiger partial charge in [-0.3, -0.25) is 0 Å². The second-order valence-electron chi connectivity index (χ2n) is 5.05. The van der Waals surface area contributed by atoms with Gasteiger partial charge in [0.05, 0.1) is 0 Å². The van der Waals surface area contributed by atoms with Crippen LogP contribution in [0.15, 0.2) is 0 Å². The highest BCUT2D eigenvalue weighted by molar-refractivity contribution is 5.41. The van der Waals surface area contributed by atoms with Gasteiger partial charge in [0.25, 0.3) is 0 Å². The van der Waals surface area contributed by atoms with Crippen molar-refractivity contribution in [2.24, 2.45) is 0 Å². The molecule has 1 heterocycles. The highest BCUT2D eigenvalue weighted by atomic mass is 15.0. The van der Waals surface area contributed by atoms with Crippen LogP contribution < -0.4 is 0 Å². The van der Waals surface area contributed by atoms with Gasteiger partial charge in [-0.05, 0) is 43.7 Å². The summed E-state index contributed by atoms with van der Waals surface area (Å²) in [7, 11) is 0. The van der Waals surface area contributed by atoms with Crippen molar-refractivity contribution in [3.05, 3.63) is 22.5 Å². The summed E-state index contributed by atoms with van der Waals surface area (Å²) in [6.45, 7) is 17.0. The number of nitrogens with zero attached hydrogens (tertiary/aromatic N) is 1. The summed E-state index contributed by atoms with van der Waals surface area (Å²) in [6.07, 6.45) is 0. The number of aromatic nitrogens is 1. The molecule has 0 aliphatic carbocycles. The molecule has 0 saturated carbocycles. The van der Waals surface area contributed by atoms with Crippen molar-refractivity contribution in [1.29, 1.82) is 0 Å². The Hall–Kier alpha value is -0.720. The van der Waals surface area contributed by atoms with E-state index in [2.05, 4.69) is 53.0 Å². The van der Waals surface area contributed by atoms with Gasteiger partial charge in [0, 0.05) is 17.9 Å². The molecule has 0 spiro atoms. The normalized spacial score (nSPS) is 11.8. The monoisotopic (exact) mass is 207 g/mol. The first kappa shape index (κ1) is 12.4. The lowest BCUT2D eigenvalue weighted by molar-refractivity contribution is 0.705. The number of hydrogen-bond donors (Lipinski definition) is 0. The fraction of sp³-hybridized carbons (Fsp3) is 0.714. The fourth-order valence-corrected chi connectivity index (χ4v) is 2.86. The smallest absolute Gasteiger partial charge is 0.0196 e. The first-order valence-electron chi connectivity index (χ1n) is 6.11. The highest BCUT2D eigenvalue weighted by Crippen LogP contribution is 2.33. The van der Waals surface area contributed by atoms with Gasteiger partial charge < -0.3 is 4.57 Å². The quantitative estimate of drug-likeness (QED) is 0.693. The van der Waals surface area contributed by atoms with Crippen molar-refractivity contribution in [3.8, 4) is 0 Å². The summed E-state index contributed by atoms with van der Waals surface area (Å²) < 4.78 is 2.45. The molecule has 0 aromatic carbocycles. The molecule has 15 heavy (non-hydrogen) atoms. The minimum atomic E-state index is 0.633. The van der Waals surface area contributed by atoms with Crippen LogP contribution in [0.1, 0.15) is 69.0 Å². The van der Waals surface area contributed by atoms with E-state index >= 15 is 0 Å². The van der Waals surface area contributed by atoms with Gasteiger partial charge in [-0.25, -0.2) is 0 Å². The van der Waals surface area contributed by atoms with Crippen molar-refractivity contribution in [3.63, 3.8) is 0 Å². The zero-order chi connectivity index (χ0) is 11.7. The topological polar surface area (TPSA) is 4.93 Å². The average Bonchev–Trinajstić information content (AvgIpc) is 2.37. The van der Waals surface area contributed by atoms with Crippen LogP contribution in [0, 0.1) is 13.8 Å². The van der Waals surface area contributed by atoms with Gasteiger partial charge in [-0.2, -0.15) is 0 Å². The third kappa shape index (κ3) is 1.97. The molecule has 1 aromatic rings. The van der Waals surface area contributed by atoms with Crippen molar-refractivity contribution in [2.45, 2.75) is 66.8 Å². The third-order valence-corrected chi connectivity index (χ3v) is 3.35. The van der Waals surface area contributed by atoms with Crippen molar-refractivity contribution < 1.29 is 0 Å². The molecule has 1 heteroatoms. The van der Waals surface area contributed by atoms with E-state index in [9.17, 15) is 0 Å². The lowest BCUT2D eigenvalue weighted by Gasteiger charge is -2.12. The SMILES string of the molecule is CCn1c(C)c(C(C)C)c(C(C)C)c1C. The average molecular weight is 207 g/mol. The molecule has 0 atom stereocenters. The van der Waals surface area contributed by atoms with Gasteiger partial charge in [0.15, 0.2) is 0 Å². The third-order valence-electron chi connectivity index (χ3n) is 3.35. The van der Waals surface area contributed by atoms with Gasteiger partial charge in [0.2, 0.25) is 0 Å². The summed E-state index contributed by atoms with van der Waals surface area (Å²) in [5.74, 6) is 1.27. The molecular formula is C14H25N. The van der Waals surface area contributed by atoms with Crippen LogP contribution in [-0.4, -0.2) is 4.57 Å². The highest BCUT2D eigenvalue weighted by Gasteiger charge is 2.20. The molecule has 86 valence electrons. The Kier molecular flexibility index (Phi) is 3.64. The molecule has 1 rings (SSSR count). The molecule has 0 bridgehead atoms. The van der Waals surface area contributed by atoms with Crippen LogP contribution in [0.3, 0.4) is 0 Å². The lowest BCUT2D eigenvalue weighted by atomic mass is 9.91. The Morgan fingerprint density at radius 2 is 1.20 bits per heavy atom. The first-order valence-corrected chi connectivity index (χ1v) is 6.11.